The van der Waals surface area contributed by atoms with Gasteiger partial charge in [-0.25, -0.2) is 9.78 Å². The Hall–Kier alpha value is -1.43. The highest BCUT2D eigenvalue weighted by atomic mass is 32.2. The van der Waals surface area contributed by atoms with Gasteiger partial charge in [-0.1, -0.05) is 6.07 Å². The van der Waals surface area contributed by atoms with Crippen molar-refractivity contribution in [2.75, 3.05) is 17.6 Å². The van der Waals surface area contributed by atoms with E-state index >= 15 is 0 Å². The van der Waals surface area contributed by atoms with Crippen molar-refractivity contribution < 1.29 is 9.00 Å². The molecule has 0 aliphatic carbocycles. The van der Waals surface area contributed by atoms with Gasteiger partial charge in [-0.05, 0) is 32.9 Å². The Morgan fingerprint density at radius 1 is 1.39 bits per heavy atom. The smallest absolute Gasteiger partial charge is 0.320 e. The fourth-order valence-corrected chi connectivity index (χ4v) is 2.06. The van der Waals surface area contributed by atoms with Crippen LogP contribution in [0, 0.1) is 0 Å². The Labute approximate surface area is 110 Å². The molecule has 1 atom stereocenters. The number of hydrogen-bond acceptors (Lipinski definition) is 3. The summed E-state index contributed by atoms with van der Waals surface area (Å²) in [6.45, 7) is 6.12. The molecule has 6 heteroatoms. The van der Waals surface area contributed by atoms with Gasteiger partial charge >= 0.3 is 6.03 Å². The van der Waals surface area contributed by atoms with Gasteiger partial charge < -0.3 is 5.32 Å². The molecule has 18 heavy (non-hydrogen) atoms. The lowest BCUT2D eigenvalue weighted by atomic mass is 10.3. The molecule has 0 spiro atoms. The highest BCUT2D eigenvalue weighted by Gasteiger charge is 2.18. The minimum atomic E-state index is -0.958. The van der Waals surface area contributed by atoms with Crippen LogP contribution in [0.15, 0.2) is 24.4 Å². The number of nitrogens with zero attached hydrogens (tertiary/aromatic N) is 1. The van der Waals surface area contributed by atoms with Gasteiger partial charge in [0, 0.05) is 34.0 Å². The molecule has 100 valence electrons. The van der Waals surface area contributed by atoms with Crippen molar-refractivity contribution in [3.05, 3.63) is 24.4 Å². The maximum atomic E-state index is 11.7. The van der Waals surface area contributed by atoms with Crippen LogP contribution < -0.4 is 10.6 Å². The third-order valence-electron chi connectivity index (χ3n) is 2.16. The van der Waals surface area contributed by atoms with E-state index < -0.39 is 10.8 Å². The van der Waals surface area contributed by atoms with Crippen molar-refractivity contribution >= 4 is 22.6 Å². The van der Waals surface area contributed by atoms with Crippen molar-refractivity contribution in [1.29, 1.82) is 0 Å². The van der Waals surface area contributed by atoms with Crippen LogP contribution in [-0.2, 0) is 10.8 Å². The van der Waals surface area contributed by atoms with E-state index in [9.17, 15) is 9.00 Å². The van der Waals surface area contributed by atoms with Gasteiger partial charge in [-0.2, -0.15) is 0 Å². The van der Waals surface area contributed by atoms with Crippen LogP contribution in [0.2, 0.25) is 0 Å². The quantitative estimate of drug-likeness (QED) is 0.874. The first-order valence-corrected chi connectivity index (χ1v) is 7.06. The lowest BCUT2D eigenvalue weighted by molar-refractivity contribution is 0.252. The molecular formula is C12H19N3O2S. The largest absolute Gasteiger partial charge is 0.337 e. The van der Waals surface area contributed by atoms with E-state index in [0.29, 0.717) is 18.1 Å². The lowest BCUT2D eigenvalue weighted by Gasteiger charge is -2.17. The van der Waals surface area contributed by atoms with Gasteiger partial charge in [-0.3, -0.25) is 9.53 Å². The van der Waals surface area contributed by atoms with Crippen LogP contribution in [-0.4, -0.2) is 32.3 Å². The SMILES string of the molecule is CC(C)(C)S(=O)CCNC(=O)Nc1ccccn1. The average molecular weight is 269 g/mol. The van der Waals surface area contributed by atoms with Crippen LogP contribution in [0.4, 0.5) is 10.6 Å². The number of hydrogen-bond donors (Lipinski definition) is 2. The molecule has 2 amide bonds. The second-order valence-electron chi connectivity index (χ2n) is 4.76. The Morgan fingerprint density at radius 3 is 2.67 bits per heavy atom. The standard InChI is InChI=1S/C12H19N3O2S/c1-12(2,3)18(17)9-8-14-11(16)15-10-6-4-5-7-13-10/h4-7H,8-9H2,1-3H3,(H2,13,14,15,16). The zero-order valence-electron chi connectivity index (χ0n) is 10.9. The molecule has 0 aromatic carbocycles. The van der Waals surface area contributed by atoms with Gasteiger partial charge in [0.1, 0.15) is 5.82 Å². The van der Waals surface area contributed by atoms with Crippen LogP contribution in [0.5, 0.6) is 0 Å². The number of carbonyl (C=O) groups is 1. The number of nitrogens with one attached hydrogen (secondary N) is 2. The third-order valence-corrected chi connectivity index (χ3v) is 4.10. The number of pyridine rings is 1. The summed E-state index contributed by atoms with van der Waals surface area (Å²) >= 11 is 0. The molecule has 2 N–H and O–H groups in total. The summed E-state index contributed by atoms with van der Waals surface area (Å²) in [5, 5.41) is 5.25. The molecule has 1 heterocycles. The highest BCUT2D eigenvalue weighted by Crippen LogP contribution is 2.10. The van der Waals surface area contributed by atoms with Gasteiger partial charge in [0.2, 0.25) is 0 Å². The molecule has 0 saturated carbocycles. The second kappa shape index (κ2) is 6.49. The van der Waals surface area contributed by atoms with E-state index in [1.54, 1.807) is 24.4 Å². The average Bonchev–Trinajstić information content (AvgIpc) is 2.28. The van der Waals surface area contributed by atoms with Gasteiger partial charge in [0.25, 0.3) is 0 Å². The van der Waals surface area contributed by atoms with E-state index in [2.05, 4.69) is 15.6 Å². The monoisotopic (exact) mass is 269 g/mol. The zero-order chi connectivity index (χ0) is 13.6. The topological polar surface area (TPSA) is 71.1 Å². The van der Waals surface area contributed by atoms with Crippen molar-refractivity contribution in [1.82, 2.24) is 10.3 Å². The summed E-state index contributed by atoms with van der Waals surface area (Å²) in [4.78, 5) is 15.5. The highest BCUT2D eigenvalue weighted by molar-refractivity contribution is 7.86. The van der Waals surface area contributed by atoms with Gasteiger partial charge in [0.15, 0.2) is 0 Å². The van der Waals surface area contributed by atoms with E-state index in [1.807, 2.05) is 20.8 Å². The number of anilines is 1. The van der Waals surface area contributed by atoms with Gasteiger partial charge in [0.05, 0.1) is 0 Å². The van der Waals surface area contributed by atoms with E-state index in [1.165, 1.54) is 0 Å². The number of aromatic nitrogens is 1. The minimum Gasteiger partial charge on any atom is -0.337 e. The fourth-order valence-electron chi connectivity index (χ4n) is 1.16. The first-order valence-electron chi connectivity index (χ1n) is 5.74. The zero-order valence-corrected chi connectivity index (χ0v) is 11.7. The Kier molecular flexibility index (Phi) is 5.27. The van der Waals surface area contributed by atoms with Crippen LogP contribution in [0.1, 0.15) is 20.8 Å². The number of urea groups is 1. The Bertz CT molecular complexity index is 415. The number of rotatable bonds is 4. The fraction of sp³-hybridized carbons (Fsp3) is 0.500. The maximum Gasteiger partial charge on any atom is 0.320 e. The second-order valence-corrected chi connectivity index (χ2v) is 7.08. The molecule has 0 bridgehead atoms. The molecule has 0 radical (unpaired) electrons. The summed E-state index contributed by atoms with van der Waals surface area (Å²) in [5.74, 6) is 0.936. The van der Waals surface area contributed by atoms with Crippen molar-refractivity contribution in [2.45, 2.75) is 25.5 Å². The molecule has 1 rings (SSSR count). The number of carbonyl (C=O) groups excluding carboxylic acids is 1. The van der Waals surface area contributed by atoms with Crippen molar-refractivity contribution in [3.8, 4) is 0 Å². The third kappa shape index (κ3) is 5.27. The summed E-state index contributed by atoms with van der Waals surface area (Å²) in [6.07, 6.45) is 1.60. The maximum absolute atomic E-state index is 11.7. The summed E-state index contributed by atoms with van der Waals surface area (Å²) in [7, 11) is -0.958. The first-order chi connectivity index (χ1) is 8.39. The molecule has 0 aliphatic rings. The molecular weight excluding hydrogens is 250 g/mol. The predicted molar refractivity (Wildman–Crippen MR) is 74.0 cm³/mol. The lowest BCUT2D eigenvalue weighted by Crippen LogP contribution is -2.35. The molecule has 0 saturated heterocycles. The summed E-state index contributed by atoms with van der Waals surface area (Å²) in [6, 6.07) is 4.93. The summed E-state index contributed by atoms with van der Waals surface area (Å²) in [5.41, 5.74) is 0. The molecule has 1 aromatic heterocycles. The normalized spacial score (nSPS) is 12.8. The molecule has 0 fully saturated rings. The molecule has 0 aliphatic heterocycles. The van der Waals surface area contributed by atoms with E-state index in [0.717, 1.165) is 0 Å². The van der Waals surface area contributed by atoms with E-state index in [-0.39, 0.29) is 10.8 Å². The Morgan fingerprint density at radius 2 is 2.11 bits per heavy atom. The van der Waals surface area contributed by atoms with Crippen molar-refractivity contribution in [3.63, 3.8) is 0 Å². The van der Waals surface area contributed by atoms with Crippen LogP contribution >= 0.6 is 0 Å². The number of amides is 2. The minimum absolute atomic E-state index is 0.251. The summed E-state index contributed by atoms with van der Waals surface area (Å²) < 4.78 is 11.5. The van der Waals surface area contributed by atoms with Crippen LogP contribution in [0.25, 0.3) is 0 Å². The van der Waals surface area contributed by atoms with Crippen LogP contribution in [0.3, 0.4) is 0 Å². The molecule has 1 aromatic rings. The first kappa shape index (κ1) is 14.6. The molecule has 1 unspecified atom stereocenters. The van der Waals surface area contributed by atoms with E-state index in [4.69, 9.17) is 0 Å². The molecule has 5 nitrogen and oxygen atoms in total. The Balaban J connectivity index is 2.28. The predicted octanol–water partition coefficient (Wildman–Crippen LogP) is 1.75. The van der Waals surface area contributed by atoms with Crippen molar-refractivity contribution in [2.24, 2.45) is 0 Å². The van der Waals surface area contributed by atoms with Gasteiger partial charge in [-0.15, -0.1) is 0 Å².